The zero-order valence-corrected chi connectivity index (χ0v) is 18.2. The number of halogens is 2. The van der Waals surface area contributed by atoms with Crippen LogP contribution in [0, 0.1) is 0 Å². The summed E-state index contributed by atoms with van der Waals surface area (Å²) >= 11 is 9.43. The highest BCUT2D eigenvalue weighted by atomic mass is 79.9. The Hall–Kier alpha value is -1.86. The van der Waals surface area contributed by atoms with Gasteiger partial charge in [0.1, 0.15) is 18.5 Å². The van der Waals surface area contributed by atoms with Crippen LogP contribution in [0.4, 0.5) is 0 Å². The highest BCUT2D eigenvalue weighted by molar-refractivity contribution is 9.10. The maximum Gasteiger partial charge on any atom is 0.187 e. The van der Waals surface area contributed by atoms with Gasteiger partial charge in [0.2, 0.25) is 0 Å². The first-order valence-electron chi connectivity index (χ1n) is 9.51. The lowest BCUT2D eigenvalue weighted by Gasteiger charge is -2.28. The van der Waals surface area contributed by atoms with Crippen molar-refractivity contribution in [2.75, 3.05) is 13.2 Å². The normalized spacial score (nSPS) is 21.4. The van der Waals surface area contributed by atoms with Crippen molar-refractivity contribution in [1.82, 2.24) is 9.55 Å². The molecule has 0 amide bonds. The van der Waals surface area contributed by atoms with E-state index in [1.165, 1.54) is 5.56 Å². The summed E-state index contributed by atoms with van der Waals surface area (Å²) in [7, 11) is 0. The highest BCUT2D eigenvalue weighted by Gasteiger charge is 2.42. The zero-order chi connectivity index (χ0) is 20.1. The molecule has 0 N–H and O–H groups in total. The summed E-state index contributed by atoms with van der Waals surface area (Å²) in [6.45, 7) is 1.51. The van der Waals surface area contributed by atoms with Gasteiger partial charge in [0.05, 0.1) is 19.5 Å². The van der Waals surface area contributed by atoms with Crippen LogP contribution in [0.3, 0.4) is 0 Å². The predicted octanol–water partition coefficient (Wildman–Crippen LogP) is 5.12. The number of ether oxygens (including phenoxy) is 3. The van der Waals surface area contributed by atoms with E-state index in [0.29, 0.717) is 19.8 Å². The van der Waals surface area contributed by atoms with E-state index >= 15 is 0 Å². The third-order valence-electron chi connectivity index (χ3n) is 4.85. The minimum absolute atomic E-state index is 0.132. The molecule has 1 aromatic heterocycles. The summed E-state index contributed by atoms with van der Waals surface area (Å²) in [6.07, 6.45) is 6.88. The van der Waals surface area contributed by atoms with E-state index in [4.69, 9.17) is 25.8 Å². The highest BCUT2D eigenvalue weighted by Crippen LogP contribution is 2.31. The molecule has 2 heterocycles. The van der Waals surface area contributed by atoms with Crippen LogP contribution in [0.5, 0.6) is 5.75 Å². The molecule has 2 unspecified atom stereocenters. The van der Waals surface area contributed by atoms with E-state index < -0.39 is 5.79 Å². The topological polar surface area (TPSA) is 45.5 Å². The van der Waals surface area contributed by atoms with E-state index in [-0.39, 0.29) is 6.10 Å². The Balaban J connectivity index is 1.40. The van der Waals surface area contributed by atoms with Crippen LogP contribution in [0.2, 0.25) is 5.02 Å². The minimum Gasteiger partial charge on any atom is -0.491 e. The fraction of sp³-hybridized carbons (Fsp3) is 0.318. The third kappa shape index (κ3) is 5.60. The lowest BCUT2D eigenvalue weighted by Crippen LogP contribution is -2.37. The molecule has 0 aliphatic carbocycles. The van der Waals surface area contributed by atoms with E-state index in [9.17, 15) is 0 Å². The maximum absolute atomic E-state index is 6.38. The average Bonchev–Trinajstić information content (AvgIpc) is 3.38. The molecular weight excluding hydrogens is 456 g/mol. The summed E-state index contributed by atoms with van der Waals surface area (Å²) in [5.41, 5.74) is 1.20. The van der Waals surface area contributed by atoms with Crippen LogP contribution in [-0.4, -0.2) is 34.7 Å². The van der Waals surface area contributed by atoms with E-state index in [2.05, 4.69) is 20.9 Å². The summed E-state index contributed by atoms with van der Waals surface area (Å²) in [6, 6.07) is 15.7. The van der Waals surface area contributed by atoms with Gasteiger partial charge in [-0.25, -0.2) is 4.98 Å². The second-order valence-corrected chi connectivity index (χ2v) is 8.44. The van der Waals surface area contributed by atoms with Gasteiger partial charge >= 0.3 is 0 Å². The molecule has 1 aliphatic heterocycles. The zero-order valence-electron chi connectivity index (χ0n) is 15.8. The van der Waals surface area contributed by atoms with Gasteiger partial charge < -0.3 is 18.8 Å². The molecule has 1 saturated heterocycles. The van der Waals surface area contributed by atoms with E-state index in [1.807, 2.05) is 59.3 Å². The maximum atomic E-state index is 6.38. The summed E-state index contributed by atoms with van der Waals surface area (Å²) in [5, 5.41) is 0.736. The Bertz CT molecular complexity index is 903. The van der Waals surface area contributed by atoms with Crippen LogP contribution in [-0.2, 0) is 22.4 Å². The number of hydrogen-bond donors (Lipinski definition) is 0. The molecule has 29 heavy (non-hydrogen) atoms. The molecule has 1 aliphatic rings. The molecule has 0 radical (unpaired) electrons. The molecule has 2 aromatic carbocycles. The minimum atomic E-state index is -0.714. The summed E-state index contributed by atoms with van der Waals surface area (Å²) in [4.78, 5) is 4.13. The number of nitrogens with zero attached hydrogens (tertiary/aromatic N) is 2. The average molecular weight is 478 g/mol. The lowest BCUT2D eigenvalue weighted by atomic mass is 10.0. The number of hydrogen-bond acceptors (Lipinski definition) is 4. The second-order valence-electron chi connectivity index (χ2n) is 7.09. The quantitative estimate of drug-likeness (QED) is 0.452. The molecule has 0 saturated carbocycles. The van der Waals surface area contributed by atoms with Crippen molar-refractivity contribution >= 4 is 27.5 Å². The molecule has 5 nitrogen and oxygen atoms in total. The van der Waals surface area contributed by atoms with Gasteiger partial charge in [-0.05, 0) is 48.4 Å². The van der Waals surface area contributed by atoms with Crippen LogP contribution in [0.15, 0.2) is 71.7 Å². The molecular formula is C22H22BrClN2O3. The summed E-state index contributed by atoms with van der Waals surface area (Å²) in [5.74, 6) is 0.0960. The van der Waals surface area contributed by atoms with Gasteiger partial charge in [0.25, 0.3) is 0 Å². The van der Waals surface area contributed by atoms with Crippen molar-refractivity contribution in [3.63, 3.8) is 0 Å². The fourth-order valence-electron chi connectivity index (χ4n) is 3.36. The number of aromatic nitrogens is 2. The molecule has 1 fully saturated rings. The van der Waals surface area contributed by atoms with Gasteiger partial charge in [-0.1, -0.05) is 39.7 Å². The number of rotatable bonds is 8. The Morgan fingerprint density at radius 3 is 2.69 bits per heavy atom. The monoisotopic (exact) mass is 476 g/mol. The Labute approximate surface area is 183 Å². The number of imidazole rings is 1. The number of aryl methyl sites for hydroxylation is 1. The molecule has 0 bridgehead atoms. The van der Waals surface area contributed by atoms with Crippen molar-refractivity contribution in [3.05, 3.63) is 82.3 Å². The first-order valence-corrected chi connectivity index (χ1v) is 10.7. The first-order chi connectivity index (χ1) is 14.1. The van der Waals surface area contributed by atoms with Crippen LogP contribution in [0.1, 0.15) is 12.0 Å². The molecule has 3 aromatic rings. The molecule has 152 valence electrons. The van der Waals surface area contributed by atoms with E-state index in [1.54, 1.807) is 12.5 Å². The largest absolute Gasteiger partial charge is 0.491 e. The van der Waals surface area contributed by atoms with Gasteiger partial charge in [-0.3, -0.25) is 0 Å². The van der Waals surface area contributed by atoms with Crippen molar-refractivity contribution in [2.24, 2.45) is 0 Å². The van der Waals surface area contributed by atoms with Crippen molar-refractivity contribution in [3.8, 4) is 5.75 Å². The van der Waals surface area contributed by atoms with Crippen LogP contribution < -0.4 is 4.74 Å². The fourth-order valence-corrected chi connectivity index (χ4v) is 3.75. The van der Waals surface area contributed by atoms with Gasteiger partial charge in [0.15, 0.2) is 5.79 Å². The van der Waals surface area contributed by atoms with Crippen LogP contribution in [0.25, 0.3) is 0 Å². The Morgan fingerprint density at radius 1 is 1.17 bits per heavy atom. The lowest BCUT2D eigenvalue weighted by molar-refractivity contribution is -0.184. The van der Waals surface area contributed by atoms with Crippen molar-refractivity contribution < 1.29 is 14.2 Å². The second kappa shape index (κ2) is 9.30. The van der Waals surface area contributed by atoms with E-state index in [0.717, 1.165) is 28.1 Å². The van der Waals surface area contributed by atoms with Crippen molar-refractivity contribution in [2.45, 2.75) is 31.3 Å². The van der Waals surface area contributed by atoms with Gasteiger partial charge in [-0.2, -0.15) is 0 Å². The number of benzene rings is 2. The van der Waals surface area contributed by atoms with Crippen molar-refractivity contribution in [1.29, 1.82) is 0 Å². The SMILES string of the molecule is Clc1ccc(CCC2(Cn3ccnc3)OCC(COc3ccc(Br)cc3)O2)cc1. The summed E-state index contributed by atoms with van der Waals surface area (Å²) < 4.78 is 21.5. The van der Waals surface area contributed by atoms with Gasteiger partial charge in [-0.15, -0.1) is 0 Å². The molecule has 4 rings (SSSR count). The first kappa shape index (κ1) is 20.4. The molecule has 7 heteroatoms. The third-order valence-corrected chi connectivity index (χ3v) is 5.63. The van der Waals surface area contributed by atoms with Gasteiger partial charge in [0, 0.05) is 28.3 Å². The Kier molecular flexibility index (Phi) is 6.55. The predicted molar refractivity (Wildman–Crippen MR) is 115 cm³/mol. The smallest absolute Gasteiger partial charge is 0.187 e. The standard InChI is InChI=1S/C22H22BrClN2O3/c23-18-3-7-20(8-4-18)27-13-21-14-28-22(29-21,15-26-12-11-25-16-26)10-9-17-1-5-19(24)6-2-17/h1-8,11-12,16,21H,9-10,13-15H2. The molecule has 0 spiro atoms. The molecule has 2 atom stereocenters. The Morgan fingerprint density at radius 2 is 1.97 bits per heavy atom. The van der Waals surface area contributed by atoms with Crippen LogP contribution >= 0.6 is 27.5 Å².